The lowest BCUT2D eigenvalue weighted by Gasteiger charge is -2.17. The van der Waals surface area contributed by atoms with Gasteiger partial charge in [-0.05, 0) is 30.0 Å². The van der Waals surface area contributed by atoms with Crippen LogP contribution in [0.25, 0.3) is 0 Å². The van der Waals surface area contributed by atoms with Crippen LogP contribution in [-0.4, -0.2) is 12.5 Å². The quantitative estimate of drug-likeness (QED) is 0.812. The van der Waals surface area contributed by atoms with Gasteiger partial charge in [0.25, 0.3) is 0 Å². The Morgan fingerprint density at radius 1 is 1.22 bits per heavy atom. The zero-order valence-electron chi connectivity index (χ0n) is 11.8. The molecule has 0 saturated heterocycles. The summed E-state index contributed by atoms with van der Waals surface area (Å²) >= 11 is 0. The molecule has 0 fully saturated rings. The van der Waals surface area contributed by atoms with Crippen LogP contribution in [0.2, 0.25) is 0 Å². The SMILES string of the molecule is CC(=O)Nc1ccccc1CNCC(C)C(C)C. The van der Waals surface area contributed by atoms with E-state index in [0.29, 0.717) is 11.8 Å². The number of anilines is 1. The molecule has 0 saturated carbocycles. The molecule has 18 heavy (non-hydrogen) atoms. The Kier molecular flexibility index (Phi) is 5.86. The summed E-state index contributed by atoms with van der Waals surface area (Å²) in [5.41, 5.74) is 2.03. The molecule has 1 aromatic rings. The molecule has 1 rings (SSSR count). The maximum Gasteiger partial charge on any atom is 0.221 e. The fraction of sp³-hybridized carbons (Fsp3) is 0.533. The van der Waals surface area contributed by atoms with Gasteiger partial charge in [0.2, 0.25) is 5.91 Å². The molecular formula is C15H24N2O. The largest absolute Gasteiger partial charge is 0.326 e. The van der Waals surface area contributed by atoms with Gasteiger partial charge >= 0.3 is 0 Å². The summed E-state index contributed by atoms with van der Waals surface area (Å²) in [5.74, 6) is 1.30. The molecule has 1 aromatic carbocycles. The van der Waals surface area contributed by atoms with E-state index in [9.17, 15) is 4.79 Å². The van der Waals surface area contributed by atoms with Crippen LogP contribution in [0.15, 0.2) is 24.3 Å². The van der Waals surface area contributed by atoms with E-state index in [4.69, 9.17) is 0 Å². The first-order chi connectivity index (χ1) is 8.50. The minimum absolute atomic E-state index is 0.0296. The third-order valence-corrected chi connectivity index (χ3v) is 3.25. The average Bonchev–Trinajstić information content (AvgIpc) is 2.30. The smallest absolute Gasteiger partial charge is 0.221 e. The minimum atomic E-state index is -0.0296. The Labute approximate surface area is 110 Å². The number of carbonyl (C=O) groups is 1. The summed E-state index contributed by atoms with van der Waals surface area (Å²) < 4.78 is 0. The molecule has 0 spiro atoms. The predicted octanol–water partition coefficient (Wildman–Crippen LogP) is 3.03. The summed E-state index contributed by atoms with van der Waals surface area (Å²) in [5, 5.41) is 6.30. The Bertz CT molecular complexity index is 388. The number of hydrogen-bond acceptors (Lipinski definition) is 2. The molecule has 0 bridgehead atoms. The fourth-order valence-electron chi connectivity index (χ4n) is 1.66. The van der Waals surface area contributed by atoms with E-state index in [1.54, 1.807) is 0 Å². The maximum absolute atomic E-state index is 11.1. The fourth-order valence-corrected chi connectivity index (χ4v) is 1.66. The van der Waals surface area contributed by atoms with Crippen molar-refractivity contribution < 1.29 is 4.79 Å². The van der Waals surface area contributed by atoms with Crippen molar-refractivity contribution in [2.75, 3.05) is 11.9 Å². The van der Waals surface area contributed by atoms with Crippen LogP contribution in [-0.2, 0) is 11.3 Å². The van der Waals surface area contributed by atoms with Gasteiger partial charge in [-0.15, -0.1) is 0 Å². The molecule has 0 aliphatic rings. The van der Waals surface area contributed by atoms with Gasteiger partial charge in [0.15, 0.2) is 0 Å². The molecule has 0 aromatic heterocycles. The summed E-state index contributed by atoms with van der Waals surface area (Å²) in [7, 11) is 0. The summed E-state index contributed by atoms with van der Waals surface area (Å²) in [6.45, 7) is 10.0. The lowest BCUT2D eigenvalue weighted by molar-refractivity contribution is -0.114. The number of para-hydroxylation sites is 1. The van der Waals surface area contributed by atoms with Crippen molar-refractivity contribution in [1.82, 2.24) is 5.32 Å². The van der Waals surface area contributed by atoms with Crippen molar-refractivity contribution in [3.63, 3.8) is 0 Å². The molecule has 2 N–H and O–H groups in total. The summed E-state index contributed by atoms with van der Waals surface area (Å²) in [6, 6.07) is 7.91. The highest BCUT2D eigenvalue weighted by molar-refractivity contribution is 5.89. The number of rotatable bonds is 6. The molecule has 1 atom stereocenters. The summed E-state index contributed by atoms with van der Waals surface area (Å²) in [4.78, 5) is 11.1. The predicted molar refractivity (Wildman–Crippen MR) is 76.5 cm³/mol. The van der Waals surface area contributed by atoms with Crippen LogP contribution < -0.4 is 10.6 Å². The molecule has 3 heteroatoms. The van der Waals surface area contributed by atoms with Crippen molar-refractivity contribution >= 4 is 11.6 Å². The van der Waals surface area contributed by atoms with Gasteiger partial charge in [-0.3, -0.25) is 4.79 Å². The summed E-state index contributed by atoms with van der Waals surface area (Å²) in [6.07, 6.45) is 0. The number of nitrogens with one attached hydrogen (secondary N) is 2. The second kappa shape index (κ2) is 7.17. The minimum Gasteiger partial charge on any atom is -0.326 e. The monoisotopic (exact) mass is 248 g/mol. The first-order valence-electron chi connectivity index (χ1n) is 6.57. The first kappa shape index (κ1) is 14.7. The standard InChI is InChI=1S/C15H24N2O/c1-11(2)12(3)9-16-10-14-7-5-6-8-15(14)17-13(4)18/h5-8,11-12,16H,9-10H2,1-4H3,(H,17,18). The third-order valence-electron chi connectivity index (χ3n) is 3.25. The zero-order valence-corrected chi connectivity index (χ0v) is 11.8. The van der Waals surface area contributed by atoms with E-state index in [0.717, 1.165) is 24.3 Å². The molecule has 100 valence electrons. The van der Waals surface area contributed by atoms with Crippen molar-refractivity contribution in [3.8, 4) is 0 Å². The van der Waals surface area contributed by atoms with Gasteiger partial charge in [-0.25, -0.2) is 0 Å². The van der Waals surface area contributed by atoms with E-state index < -0.39 is 0 Å². The molecule has 0 aliphatic carbocycles. The van der Waals surface area contributed by atoms with Crippen molar-refractivity contribution in [2.45, 2.75) is 34.2 Å². The lowest BCUT2D eigenvalue weighted by Crippen LogP contribution is -2.24. The topological polar surface area (TPSA) is 41.1 Å². The van der Waals surface area contributed by atoms with Crippen LogP contribution >= 0.6 is 0 Å². The number of benzene rings is 1. The highest BCUT2D eigenvalue weighted by Gasteiger charge is 2.07. The van der Waals surface area contributed by atoms with Gasteiger partial charge < -0.3 is 10.6 Å². The van der Waals surface area contributed by atoms with Crippen LogP contribution in [0.4, 0.5) is 5.69 Å². The number of carbonyl (C=O) groups excluding carboxylic acids is 1. The average molecular weight is 248 g/mol. The van der Waals surface area contributed by atoms with E-state index in [1.807, 2.05) is 24.3 Å². The zero-order chi connectivity index (χ0) is 13.5. The molecule has 3 nitrogen and oxygen atoms in total. The molecule has 0 aliphatic heterocycles. The lowest BCUT2D eigenvalue weighted by atomic mass is 9.98. The van der Waals surface area contributed by atoms with Crippen LogP contribution in [0.5, 0.6) is 0 Å². The van der Waals surface area contributed by atoms with E-state index in [-0.39, 0.29) is 5.91 Å². The Morgan fingerprint density at radius 2 is 1.89 bits per heavy atom. The third kappa shape index (κ3) is 4.88. The normalized spacial score (nSPS) is 12.5. The number of amides is 1. The van der Waals surface area contributed by atoms with Gasteiger partial charge in [0.1, 0.15) is 0 Å². The first-order valence-corrected chi connectivity index (χ1v) is 6.57. The van der Waals surface area contributed by atoms with Gasteiger partial charge in [-0.2, -0.15) is 0 Å². The highest BCUT2D eigenvalue weighted by Crippen LogP contribution is 2.15. The van der Waals surface area contributed by atoms with Crippen LogP contribution in [0.1, 0.15) is 33.3 Å². The Morgan fingerprint density at radius 3 is 2.50 bits per heavy atom. The molecular weight excluding hydrogens is 224 g/mol. The molecule has 0 heterocycles. The van der Waals surface area contributed by atoms with E-state index in [2.05, 4.69) is 31.4 Å². The second-order valence-electron chi connectivity index (χ2n) is 5.19. The van der Waals surface area contributed by atoms with Crippen molar-refractivity contribution in [2.24, 2.45) is 11.8 Å². The van der Waals surface area contributed by atoms with E-state index in [1.165, 1.54) is 6.92 Å². The second-order valence-corrected chi connectivity index (χ2v) is 5.19. The Hall–Kier alpha value is -1.35. The van der Waals surface area contributed by atoms with E-state index >= 15 is 0 Å². The molecule has 1 amide bonds. The maximum atomic E-state index is 11.1. The molecule has 0 radical (unpaired) electrons. The highest BCUT2D eigenvalue weighted by atomic mass is 16.1. The van der Waals surface area contributed by atoms with Gasteiger partial charge in [-0.1, -0.05) is 39.0 Å². The van der Waals surface area contributed by atoms with Crippen LogP contribution in [0.3, 0.4) is 0 Å². The number of hydrogen-bond donors (Lipinski definition) is 2. The van der Waals surface area contributed by atoms with Gasteiger partial charge in [0.05, 0.1) is 0 Å². The van der Waals surface area contributed by atoms with Gasteiger partial charge in [0, 0.05) is 19.2 Å². The van der Waals surface area contributed by atoms with Crippen molar-refractivity contribution in [1.29, 1.82) is 0 Å². The Balaban J connectivity index is 2.53. The molecule has 1 unspecified atom stereocenters. The van der Waals surface area contributed by atoms with Crippen LogP contribution in [0, 0.1) is 11.8 Å². The van der Waals surface area contributed by atoms with Crippen molar-refractivity contribution in [3.05, 3.63) is 29.8 Å².